The van der Waals surface area contributed by atoms with Crippen molar-refractivity contribution in [2.45, 2.75) is 57.6 Å². The third kappa shape index (κ3) is 5.32. The van der Waals surface area contributed by atoms with Gasteiger partial charge in [-0.05, 0) is 73.7 Å². The quantitative estimate of drug-likeness (QED) is 0.264. The Morgan fingerprint density at radius 3 is 2.73 bits per heavy atom. The van der Waals surface area contributed by atoms with Gasteiger partial charge in [0, 0.05) is 19.5 Å². The molecule has 4 aromatic rings. The van der Waals surface area contributed by atoms with Gasteiger partial charge in [0.2, 0.25) is 0 Å². The lowest BCUT2D eigenvalue weighted by Crippen LogP contribution is -2.33. The van der Waals surface area contributed by atoms with Crippen LogP contribution in [0.3, 0.4) is 0 Å². The number of esters is 1. The summed E-state index contributed by atoms with van der Waals surface area (Å²) in [6.07, 6.45) is -0.0728. The molecule has 2 N–H and O–H groups in total. The van der Waals surface area contributed by atoms with Crippen LogP contribution in [0.4, 0.5) is 0 Å². The molecule has 3 aromatic carbocycles. The summed E-state index contributed by atoms with van der Waals surface area (Å²) in [6, 6.07) is 17.2. The Labute approximate surface area is 236 Å². The van der Waals surface area contributed by atoms with Crippen LogP contribution in [-0.4, -0.2) is 53.6 Å². The van der Waals surface area contributed by atoms with Gasteiger partial charge in [-0.2, -0.15) is 4.31 Å². The molecule has 0 saturated carbocycles. The first-order valence-corrected chi connectivity index (χ1v) is 14.9. The lowest BCUT2D eigenvalue weighted by Gasteiger charge is -2.42. The number of ether oxygens (including phenoxy) is 2. The van der Waals surface area contributed by atoms with E-state index in [1.54, 1.807) is 34.1 Å². The van der Waals surface area contributed by atoms with Gasteiger partial charge in [0.15, 0.2) is 0 Å². The first-order valence-electron chi connectivity index (χ1n) is 13.4. The molecule has 0 aliphatic carbocycles. The van der Waals surface area contributed by atoms with E-state index in [-0.39, 0.29) is 24.4 Å². The highest BCUT2D eigenvalue weighted by molar-refractivity contribution is 8.22. The molecule has 1 aliphatic rings. The van der Waals surface area contributed by atoms with Gasteiger partial charge in [-0.15, -0.1) is 15.9 Å². The number of rotatable bonds is 7. The third-order valence-corrected chi connectivity index (χ3v) is 9.47. The molecule has 1 aliphatic heterocycles. The van der Waals surface area contributed by atoms with Gasteiger partial charge in [0.1, 0.15) is 22.3 Å². The number of nitrogens with zero attached hydrogens (tertiary/aromatic N) is 4. The molecule has 40 heavy (non-hydrogen) atoms. The number of aryl methyl sites for hydroxylation is 3. The van der Waals surface area contributed by atoms with Crippen LogP contribution >= 0.6 is 10.8 Å². The molecule has 2 unspecified atom stereocenters. The van der Waals surface area contributed by atoms with E-state index < -0.39 is 10.8 Å². The summed E-state index contributed by atoms with van der Waals surface area (Å²) in [5.41, 5.74) is 6.56. The Morgan fingerprint density at radius 1 is 1.18 bits per heavy atom. The van der Waals surface area contributed by atoms with E-state index in [1.807, 2.05) is 58.2 Å². The Morgan fingerprint density at radius 2 is 1.95 bits per heavy atom. The normalized spacial score (nSPS) is 18.4. The molecule has 0 radical (unpaired) electrons. The summed E-state index contributed by atoms with van der Waals surface area (Å²) in [4.78, 5) is 13.2. The summed E-state index contributed by atoms with van der Waals surface area (Å²) >= 11 is 0. The number of aromatic nitrogens is 3. The highest BCUT2D eigenvalue weighted by Crippen LogP contribution is 2.57. The minimum atomic E-state index is -3.29. The summed E-state index contributed by atoms with van der Waals surface area (Å²) in [6.45, 7) is 8.69. The second kappa shape index (κ2) is 11.2. The smallest absolute Gasteiger partial charge is 0.306 e. The van der Waals surface area contributed by atoms with Crippen LogP contribution in [0, 0.1) is 13.8 Å². The highest BCUT2D eigenvalue weighted by Gasteiger charge is 2.34. The Hall–Kier alpha value is -3.44. The maximum atomic E-state index is 12.8. The van der Waals surface area contributed by atoms with Crippen LogP contribution in [0.15, 0.2) is 59.5 Å². The Balaban J connectivity index is 1.55. The topological polar surface area (TPSA) is 110 Å². The van der Waals surface area contributed by atoms with Gasteiger partial charge >= 0.3 is 5.97 Å². The molecule has 0 fully saturated rings. The summed E-state index contributed by atoms with van der Waals surface area (Å²) in [5, 5.41) is 8.52. The standard InChI is InChI=1S/C30H36N4O5S/c1-6-38-29(35)16-25(24-13-14-26-30(21(24)4)31-32-33(26)5)22-12-11-19(2)23(15-22)18-34-17-20(3)39-27-9-7-8-10-28(27)40(34,36)37/h7-15,20,25,36-37H,6,16-18H2,1-5H3. The molecule has 2 heterocycles. The average Bonchev–Trinajstić information content (AvgIpc) is 3.26. The fourth-order valence-corrected chi connectivity index (χ4v) is 7.06. The molecule has 0 spiro atoms. The largest absolute Gasteiger partial charge is 0.487 e. The molecular formula is C30H36N4O5S. The minimum Gasteiger partial charge on any atom is -0.487 e. The van der Waals surface area contributed by atoms with Crippen LogP contribution in [0.1, 0.15) is 54.0 Å². The van der Waals surface area contributed by atoms with Gasteiger partial charge in [-0.1, -0.05) is 41.6 Å². The van der Waals surface area contributed by atoms with Gasteiger partial charge in [-0.25, -0.2) is 4.68 Å². The first-order chi connectivity index (χ1) is 19.1. The zero-order valence-corrected chi connectivity index (χ0v) is 24.3. The van der Waals surface area contributed by atoms with E-state index in [0.717, 1.165) is 38.9 Å². The van der Waals surface area contributed by atoms with Crippen molar-refractivity contribution in [2.75, 3.05) is 13.2 Å². The van der Waals surface area contributed by atoms with Gasteiger partial charge in [-0.3, -0.25) is 13.9 Å². The molecule has 0 saturated heterocycles. The first kappa shape index (κ1) is 28.1. The number of para-hydroxylation sites is 1. The van der Waals surface area contributed by atoms with Gasteiger partial charge < -0.3 is 9.47 Å². The van der Waals surface area contributed by atoms with Crippen molar-refractivity contribution in [1.29, 1.82) is 0 Å². The van der Waals surface area contributed by atoms with Gasteiger partial charge in [0.25, 0.3) is 0 Å². The number of carbonyl (C=O) groups is 1. The summed E-state index contributed by atoms with van der Waals surface area (Å²) in [5.74, 6) is -0.0674. The maximum absolute atomic E-state index is 12.8. The van der Waals surface area contributed by atoms with Crippen LogP contribution in [0.2, 0.25) is 0 Å². The van der Waals surface area contributed by atoms with Gasteiger partial charge in [0.05, 0.1) is 25.1 Å². The molecule has 10 heteroatoms. The molecule has 212 valence electrons. The van der Waals surface area contributed by atoms with Crippen LogP contribution in [0.5, 0.6) is 5.75 Å². The fourth-order valence-electron chi connectivity index (χ4n) is 5.40. The molecule has 1 aromatic heterocycles. The highest BCUT2D eigenvalue weighted by atomic mass is 32.3. The van der Waals surface area contributed by atoms with Crippen molar-refractivity contribution in [3.8, 4) is 5.75 Å². The van der Waals surface area contributed by atoms with E-state index >= 15 is 0 Å². The number of fused-ring (bicyclic) bond motifs is 2. The maximum Gasteiger partial charge on any atom is 0.306 e. The predicted octanol–water partition coefficient (Wildman–Crippen LogP) is 5.98. The van der Waals surface area contributed by atoms with E-state index in [1.165, 1.54) is 0 Å². The van der Waals surface area contributed by atoms with Crippen molar-refractivity contribution in [1.82, 2.24) is 19.3 Å². The van der Waals surface area contributed by atoms with E-state index in [2.05, 4.69) is 16.4 Å². The lowest BCUT2D eigenvalue weighted by molar-refractivity contribution is -0.143. The molecule has 0 amide bonds. The van der Waals surface area contributed by atoms with Crippen molar-refractivity contribution in [3.05, 3.63) is 82.4 Å². The van der Waals surface area contributed by atoms with E-state index in [4.69, 9.17) is 9.47 Å². The Bertz CT molecular complexity index is 1550. The predicted molar refractivity (Wildman–Crippen MR) is 156 cm³/mol. The fraction of sp³-hybridized carbons (Fsp3) is 0.367. The van der Waals surface area contributed by atoms with Crippen molar-refractivity contribution in [3.63, 3.8) is 0 Å². The number of hydrogen-bond acceptors (Lipinski definition) is 8. The van der Waals surface area contributed by atoms with E-state index in [9.17, 15) is 13.9 Å². The molecular weight excluding hydrogens is 528 g/mol. The summed E-state index contributed by atoms with van der Waals surface area (Å²) in [7, 11) is -1.44. The average molecular weight is 565 g/mol. The zero-order chi connectivity index (χ0) is 28.6. The van der Waals surface area contributed by atoms with Crippen molar-refractivity contribution >= 4 is 27.8 Å². The number of carbonyl (C=O) groups excluding carboxylic acids is 1. The Kier molecular flexibility index (Phi) is 7.87. The molecule has 2 atom stereocenters. The minimum absolute atomic E-state index is 0.167. The SMILES string of the molecule is CCOC(=O)CC(c1ccc(C)c(CN2CC(C)Oc3ccccc3S2(O)O)c1)c1ccc2c(nnn2C)c1C. The van der Waals surface area contributed by atoms with Crippen LogP contribution < -0.4 is 4.74 Å². The second-order valence-corrected chi connectivity index (χ2v) is 12.3. The summed E-state index contributed by atoms with van der Waals surface area (Å²) < 4.78 is 37.6. The van der Waals surface area contributed by atoms with Crippen LogP contribution in [-0.2, 0) is 23.1 Å². The lowest BCUT2D eigenvalue weighted by atomic mass is 9.84. The number of hydrogen-bond donors (Lipinski definition) is 2. The van der Waals surface area contributed by atoms with E-state index in [0.29, 0.717) is 30.3 Å². The van der Waals surface area contributed by atoms with Crippen LogP contribution in [0.25, 0.3) is 11.0 Å². The third-order valence-electron chi connectivity index (χ3n) is 7.55. The monoisotopic (exact) mass is 564 g/mol. The number of benzene rings is 3. The molecule has 0 bridgehead atoms. The molecule has 9 nitrogen and oxygen atoms in total. The second-order valence-electron chi connectivity index (χ2n) is 10.3. The zero-order valence-electron chi connectivity index (χ0n) is 23.5. The van der Waals surface area contributed by atoms with Crippen molar-refractivity contribution < 1.29 is 23.4 Å². The molecule has 5 rings (SSSR count). The van der Waals surface area contributed by atoms with Crippen molar-refractivity contribution in [2.24, 2.45) is 7.05 Å².